The molecule has 100 valence electrons. The fraction of sp³-hybridized carbons (Fsp3) is 0.364. The Labute approximate surface area is 113 Å². The molecule has 2 atom stereocenters. The summed E-state index contributed by atoms with van der Waals surface area (Å²) in [5.74, 6) is -1.11. The van der Waals surface area contributed by atoms with Gasteiger partial charge in [0.2, 0.25) is 0 Å². The van der Waals surface area contributed by atoms with Crippen LogP contribution < -0.4 is 11.1 Å². The van der Waals surface area contributed by atoms with E-state index in [1.54, 1.807) is 13.2 Å². The third-order valence-corrected chi connectivity index (χ3v) is 4.07. The number of carboxylic acids is 1. The molecule has 5 nitrogen and oxygen atoms in total. The average molecular weight is 291 g/mol. The number of aromatic carboxylic acids is 1. The Bertz CT molecular complexity index is 493. The standard InChI is InChI=1S/C11H15ClN2O3S/c1-6(18(2)17)5-14-10-8(11(15)16)3-7(13)4-9(10)12/h3-4,6,14H,5,13H2,1-2H3,(H,15,16). The number of nitrogen functional groups attached to an aromatic ring is 1. The van der Waals surface area contributed by atoms with Gasteiger partial charge in [-0.1, -0.05) is 11.6 Å². The molecule has 7 heteroatoms. The number of carbonyl (C=O) groups is 1. The summed E-state index contributed by atoms with van der Waals surface area (Å²) in [5.41, 5.74) is 6.14. The first-order valence-corrected chi connectivity index (χ1v) is 7.21. The van der Waals surface area contributed by atoms with Crippen LogP contribution in [-0.2, 0) is 10.8 Å². The van der Waals surface area contributed by atoms with Crippen LogP contribution in [-0.4, -0.2) is 33.3 Å². The Morgan fingerprint density at radius 2 is 2.22 bits per heavy atom. The number of carboxylic acid groups (broad SMARTS) is 1. The zero-order valence-electron chi connectivity index (χ0n) is 10.1. The van der Waals surface area contributed by atoms with Gasteiger partial charge in [0.25, 0.3) is 0 Å². The number of hydrogen-bond donors (Lipinski definition) is 3. The molecule has 0 aliphatic rings. The topological polar surface area (TPSA) is 92.4 Å². The molecule has 0 aliphatic heterocycles. The van der Waals surface area contributed by atoms with Crippen molar-refractivity contribution in [2.75, 3.05) is 23.9 Å². The van der Waals surface area contributed by atoms with Crippen molar-refractivity contribution in [1.82, 2.24) is 0 Å². The van der Waals surface area contributed by atoms with E-state index in [1.165, 1.54) is 12.1 Å². The molecular formula is C11H15ClN2O3S. The van der Waals surface area contributed by atoms with Crippen molar-refractivity contribution in [2.24, 2.45) is 0 Å². The van der Waals surface area contributed by atoms with Gasteiger partial charge in [0, 0.05) is 34.5 Å². The van der Waals surface area contributed by atoms with Crippen LogP contribution in [0, 0.1) is 0 Å². The second kappa shape index (κ2) is 6.06. The first-order chi connectivity index (χ1) is 8.32. The summed E-state index contributed by atoms with van der Waals surface area (Å²) in [6, 6.07) is 2.81. The van der Waals surface area contributed by atoms with Crippen molar-refractivity contribution in [3.05, 3.63) is 22.7 Å². The van der Waals surface area contributed by atoms with Gasteiger partial charge in [0.15, 0.2) is 0 Å². The number of hydrogen-bond acceptors (Lipinski definition) is 4. The van der Waals surface area contributed by atoms with Crippen molar-refractivity contribution < 1.29 is 14.1 Å². The van der Waals surface area contributed by atoms with Gasteiger partial charge in [-0.2, -0.15) is 0 Å². The van der Waals surface area contributed by atoms with E-state index in [0.717, 1.165) is 0 Å². The maximum Gasteiger partial charge on any atom is 0.337 e. The number of benzene rings is 1. The van der Waals surface area contributed by atoms with Gasteiger partial charge in [0.1, 0.15) is 0 Å². The Hall–Kier alpha value is -1.27. The molecule has 0 aromatic heterocycles. The summed E-state index contributed by atoms with van der Waals surface area (Å²) in [7, 11) is -0.990. The average Bonchev–Trinajstić information content (AvgIpc) is 2.26. The van der Waals surface area contributed by atoms with Crippen LogP contribution in [0.4, 0.5) is 11.4 Å². The summed E-state index contributed by atoms with van der Waals surface area (Å²) in [4.78, 5) is 11.1. The fourth-order valence-electron chi connectivity index (χ4n) is 1.34. The lowest BCUT2D eigenvalue weighted by Crippen LogP contribution is -2.22. The Kier molecular flexibility index (Phi) is 4.98. The van der Waals surface area contributed by atoms with E-state index < -0.39 is 16.8 Å². The van der Waals surface area contributed by atoms with E-state index in [1.807, 2.05) is 0 Å². The van der Waals surface area contributed by atoms with E-state index in [4.69, 9.17) is 22.4 Å². The number of halogens is 1. The lowest BCUT2D eigenvalue weighted by molar-refractivity contribution is 0.0698. The predicted molar refractivity (Wildman–Crippen MR) is 74.8 cm³/mol. The molecule has 1 aromatic rings. The van der Waals surface area contributed by atoms with Crippen LogP contribution in [0.15, 0.2) is 12.1 Å². The quantitative estimate of drug-likeness (QED) is 0.719. The minimum atomic E-state index is -1.11. The van der Waals surface area contributed by atoms with Gasteiger partial charge in [-0.05, 0) is 19.1 Å². The summed E-state index contributed by atoms with van der Waals surface area (Å²) < 4.78 is 11.2. The smallest absolute Gasteiger partial charge is 0.337 e. The van der Waals surface area contributed by atoms with Crippen LogP contribution in [0.25, 0.3) is 0 Å². The molecular weight excluding hydrogens is 276 g/mol. The molecule has 0 radical (unpaired) electrons. The molecule has 0 aliphatic carbocycles. The Morgan fingerprint density at radius 3 is 2.72 bits per heavy atom. The van der Waals surface area contributed by atoms with E-state index in [2.05, 4.69) is 5.32 Å². The fourth-order valence-corrected chi connectivity index (χ4v) is 1.95. The monoisotopic (exact) mass is 290 g/mol. The Morgan fingerprint density at radius 1 is 1.61 bits per heavy atom. The first kappa shape index (κ1) is 14.8. The van der Waals surface area contributed by atoms with Gasteiger partial charge < -0.3 is 16.2 Å². The van der Waals surface area contributed by atoms with E-state index in [0.29, 0.717) is 12.2 Å². The third-order valence-electron chi connectivity index (χ3n) is 2.48. The predicted octanol–water partition coefficient (Wildman–Crippen LogP) is 1.80. The number of rotatable bonds is 5. The van der Waals surface area contributed by atoms with Gasteiger partial charge in [-0.25, -0.2) is 4.79 Å². The highest BCUT2D eigenvalue weighted by Gasteiger charge is 2.16. The molecule has 4 N–H and O–H groups in total. The highest BCUT2D eigenvalue weighted by atomic mass is 35.5. The molecule has 1 aromatic carbocycles. The molecule has 0 saturated heterocycles. The molecule has 0 amide bonds. The zero-order chi connectivity index (χ0) is 13.9. The van der Waals surface area contributed by atoms with Gasteiger partial charge in [-0.3, -0.25) is 4.21 Å². The number of nitrogens with two attached hydrogens (primary N) is 1. The van der Waals surface area contributed by atoms with Gasteiger partial charge in [-0.15, -0.1) is 0 Å². The van der Waals surface area contributed by atoms with Gasteiger partial charge >= 0.3 is 5.97 Å². The van der Waals surface area contributed by atoms with E-state index in [9.17, 15) is 9.00 Å². The summed E-state index contributed by atoms with van der Waals surface area (Å²) >= 11 is 5.96. The van der Waals surface area contributed by atoms with Crippen molar-refractivity contribution in [3.8, 4) is 0 Å². The SMILES string of the molecule is CC(CNc1c(Cl)cc(N)cc1C(=O)O)S(C)=O. The maximum atomic E-state index is 11.2. The molecule has 2 unspecified atom stereocenters. The molecule has 0 spiro atoms. The van der Waals surface area contributed by atoms with E-state index in [-0.39, 0.29) is 21.5 Å². The highest BCUT2D eigenvalue weighted by molar-refractivity contribution is 7.84. The lowest BCUT2D eigenvalue weighted by atomic mass is 10.1. The second-order valence-corrected chi connectivity index (χ2v) is 6.13. The first-order valence-electron chi connectivity index (χ1n) is 5.21. The maximum absolute atomic E-state index is 11.2. The Balaban J connectivity index is 3.00. The summed E-state index contributed by atoms with van der Waals surface area (Å²) in [6.45, 7) is 2.17. The van der Waals surface area contributed by atoms with Crippen molar-refractivity contribution in [3.63, 3.8) is 0 Å². The lowest BCUT2D eigenvalue weighted by Gasteiger charge is -2.15. The van der Waals surface area contributed by atoms with Crippen LogP contribution >= 0.6 is 11.6 Å². The zero-order valence-corrected chi connectivity index (χ0v) is 11.6. The molecule has 0 saturated carbocycles. The molecule has 0 fully saturated rings. The second-order valence-electron chi connectivity index (χ2n) is 3.92. The van der Waals surface area contributed by atoms with Gasteiger partial charge in [0.05, 0.1) is 16.3 Å². The van der Waals surface area contributed by atoms with Crippen LogP contribution in [0.5, 0.6) is 0 Å². The molecule has 1 rings (SSSR count). The van der Waals surface area contributed by atoms with Crippen molar-refractivity contribution in [1.29, 1.82) is 0 Å². The third kappa shape index (κ3) is 3.61. The summed E-state index contributed by atoms with van der Waals surface area (Å²) in [5, 5.41) is 12.1. The number of nitrogens with one attached hydrogen (secondary N) is 1. The number of anilines is 2. The van der Waals surface area contributed by atoms with Crippen LogP contribution in [0.1, 0.15) is 17.3 Å². The van der Waals surface area contributed by atoms with E-state index >= 15 is 0 Å². The summed E-state index contributed by atoms with van der Waals surface area (Å²) in [6.07, 6.45) is 1.59. The van der Waals surface area contributed by atoms with Crippen molar-refractivity contribution in [2.45, 2.75) is 12.2 Å². The molecule has 18 heavy (non-hydrogen) atoms. The van der Waals surface area contributed by atoms with Crippen LogP contribution in [0.3, 0.4) is 0 Å². The highest BCUT2D eigenvalue weighted by Crippen LogP contribution is 2.29. The van der Waals surface area contributed by atoms with Crippen molar-refractivity contribution >= 4 is 39.7 Å². The minimum absolute atomic E-state index is 0.00841. The van der Waals surface area contributed by atoms with Crippen LogP contribution in [0.2, 0.25) is 5.02 Å². The molecule has 0 bridgehead atoms. The normalized spacial score (nSPS) is 13.9. The largest absolute Gasteiger partial charge is 0.478 e. The minimum Gasteiger partial charge on any atom is -0.478 e. The molecule has 0 heterocycles.